The molecule has 0 N–H and O–H groups in total. The van der Waals surface area contributed by atoms with Crippen molar-refractivity contribution in [3.8, 4) is 5.69 Å². The van der Waals surface area contributed by atoms with E-state index in [0.717, 1.165) is 4.57 Å². The fraction of sp³-hybridized carbons (Fsp3) is 0.158. The third kappa shape index (κ3) is 4.41. The Morgan fingerprint density at radius 2 is 1.91 bits per heavy atom. The van der Waals surface area contributed by atoms with Crippen LogP contribution in [0.2, 0.25) is 5.15 Å². The molecule has 33 heavy (non-hydrogen) atoms. The largest absolute Gasteiger partial charge is 0.449 e. The lowest BCUT2D eigenvalue weighted by Crippen LogP contribution is -2.15. The van der Waals surface area contributed by atoms with Crippen molar-refractivity contribution in [1.82, 2.24) is 39.7 Å². The van der Waals surface area contributed by atoms with Crippen molar-refractivity contribution in [2.45, 2.75) is 23.7 Å². The van der Waals surface area contributed by atoms with Gasteiger partial charge in [0, 0.05) is 11.9 Å². The molecule has 0 unspecified atom stereocenters. The van der Waals surface area contributed by atoms with Crippen LogP contribution in [0.1, 0.15) is 17.4 Å². The van der Waals surface area contributed by atoms with E-state index in [9.17, 15) is 13.2 Å². The van der Waals surface area contributed by atoms with Crippen LogP contribution in [0.4, 0.5) is 13.2 Å². The van der Waals surface area contributed by atoms with E-state index in [1.165, 1.54) is 22.5 Å². The molecule has 0 atom stereocenters. The number of thioether (sulfide) groups is 1. The van der Waals surface area contributed by atoms with E-state index in [2.05, 4.69) is 30.5 Å². The zero-order chi connectivity index (χ0) is 23.0. The molecule has 4 aromatic heterocycles. The van der Waals surface area contributed by atoms with Crippen LogP contribution >= 0.6 is 23.4 Å². The van der Waals surface area contributed by atoms with E-state index in [1.54, 1.807) is 42.7 Å². The molecule has 0 radical (unpaired) electrons. The Morgan fingerprint density at radius 1 is 1.06 bits per heavy atom. The molecule has 0 aliphatic heterocycles. The lowest BCUT2D eigenvalue weighted by atomic mass is 10.3. The predicted octanol–water partition coefficient (Wildman–Crippen LogP) is 4.41. The summed E-state index contributed by atoms with van der Waals surface area (Å²) < 4.78 is 48.5. The van der Waals surface area contributed by atoms with Gasteiger partial charge in [0.25, 0.3) is 5.22 Å². The number of alkyl halides is 3. The zero-order valence-corrected chi connectivity index (χ0v) is 18.0. The molecule has 0 bridgehead atoms. The number of benzene rings is 1. The van der Waals surface area contributed by atoms with Gasteiger partial charge in [-0.25, -0.2) is 14.6 Å². The normalized spacial score (nSPS) is 12.0. The Labute approximate surface area is 192 Å². The number of imidazole rings is 1. The van der Waals surface area contributed by atoms with Gasteiger partial charge in [-0.2, -0.15) is 13.2 Å². The Bertz CT molecular complexity index is 1430. The molecule has 0 aliphatic rings. The number of nitrogens with zero attached hydrogens (tertiary/aromatic N) is 8. The third-order valence-electron chi connectivity index (χ3n) is 4.52. The lowest BCUT2D eigenvalue weighted by Gasteiger charge is -2.09. The average molecular weight is 493 g/mol. The molecule has 4 heterocycles. The van der Waals surface area contributed by atoms with E-state index in [4.69, 9.17) is 16.0 Å². The van der Waals surface area contributed by atoms with Crippen LogP contribution in [0.5, 0.6) is 0 Å². The summed E-state index contributed by atoms with van der Waals surface area (Å²) in [5, 5.41) is 16.4. The molecular formula is C19H12ClF3N8OS. The van der Waals surface area contributed by atoms with Gasteiger partial charge in [0.2, 0.25) is 11.7 Å². The summed E-state index contributed by atoms with van der Waals surface area (Å²) in [5.41, 5.74) is 1.74. The second-order valence-corrected chi connectivity index (χ2v) is 8.01. The van der Waals surface area contributed by atoms with Crippen LogP contribution < -0.4 is 0 Å². The number of rotatable bonds is 6. The molecule has 1 aromatic carbocycles. The molecular weight excluding hydrogens is 481 g/mol. The van der Waals surface area contributed by atoms with Crippen molar-refractivity contribution in [3.05, 3.63) is 71.4 Å². The fourth-order valence-electron chi connectivity index (χ4n) is 3.11. The van der Waals surface area contributed by atoms with Crippen LogP contribution in [-0.2, 0) is 18.5 Å². The van der Waals surface area contributed by atoms with Crippen molar-refractivity contribution >= 4 is 34.4 Å². The number of para-hydroxylation sites is 2. The molecule has 5 rings (SSSR count). The van der Waals surface area contributed by atoms with Gasteiger partial charge in [-0.3, -0.25) is 0 Å². The Balaban J connectivity index is 1.31. The van der Waals surface area contributed by atoms with Gasteiger partial charge in [0.1, 0.15) is 12.2 Å². The van der Waals surface area contributed by atoms with Gasteiger partial charge in [-0.15, -0.1) is 15.3 Å². The van der Waals surface area contributed by atoms with E-state index in [-0.39, 0.29) is 28.3 Å². The maximum Gasteiger partial charge on any atom is 0.449 e. The number of aromatic nitrogens is 8. The molecule has 0 fully saturated rings. The first kappa shape index (κ1) is 21.4. The highest BCUT2D eigenvalue weighted by molar-refractivity contribution is 7.98. The SMILES string of the molecule is FC(F)(F)c1nc2ccccc2n1Cc1nnc(SCc2cn(-c3cccnc3Cl)nn2)o1. The van der Waals surface area contributed by atoms with Gasteiger partial charge in [-0.1, -0.05) is 40.7 Å². The zero-order valence-electron chi connectivity index (χ0n) is 16.4. The van der Waals surface area contributed by atoms with Crippen molar-refractivity contribution in [1.29, 1.82) is 0 Å². The summed E-state index contributed by atoms with van der Waals surface area (Å²) in [6.45, 7) is -0.265. The van der Waals surface area contributed by atoms with Crippen LogP contribution in [-0.4, -0.2) is 39.7 Å². The molecule has 0 spiro atoms. The number of pyridine rings is 1. The van der Waals surface area contributed by atoms with Gasteiger partial charge in [0.15, 0.2) is 5.15 Å². The molecule has 0 saturated carbocycles. The van der Waals surface area contributed by atoms with Gasteiger partial charge in [-0.05, 0) is 24.3 Å². The van der Waals surface area contributed by atoms with Crippen LogP contribution in [0, 0.1) is 0 Å². The van der Waals surface area contributed by atoms with E-state index in [1.807, 2.05) is 0 Å². The topological polar surface area (TPSA) is 100 Å². The molecule has 14 heteroatoms. The summed E-state index contributed by atoms with van der Waals surface area (Å²) >= 11 is 7.24. The number of halogens is 4. The minimum absolute atomic E-state index is 0.0250. The summed E-state index contributed by atoms with van der Waals surface area (Å²) in [5.74, 6) is -0.653. The van der Waals surface area contributed by atoms with Crippen LogP contribution in [0.25, 0.3) is 16.7 Å². The highest BCUT2D eigenvalue weighted by Gasteiger charge is 2.38. The molecule has 5 aromatic rings. The Morgan fingerprint density at radius 3 is 2.73 bits per heavy atom. The Hall–Kier alpha value is -3.45. The monoisotopic (exact) mass is 492 g/mol. The first-order chi connectivity index (χ1) is 15.9. The first-order valence-electron chi connectivity index (χ1n) is 9.38. The van der Waals surface area contributed by atoms with Gasteiger partial charge < -0.3 is 8.98 Å². The average Bonchev–Trinajstić information content (AvgIpc) is 3.52. The Kier molecular flexibility index (Phi) is 5.50. The van der Waals surface area contributed by atoms with E-state index in [0.29, 0.717) is 22.7 Å². The quantitative estimate of drug-likeness (QED) is 0.254. The minimum atomic E-state index is -4.63. The van der Waals surface area contributed by atoms with Crippen molar-refractivity contribution in [2.75, 3.05) is 0 Å². The second kappa shape index (κ2) is 8.48. The maximum atomic E-state index is 13.5. The summed E-state index contributed by atoms with van der Waals surface area (Å²) in [4.78, 5) is 7.70. The molecule has 0 amide bonds. The van der Waals surface area contributed by atoms with Crippen LogP contribution in [0.15, 0.2) is 58.4 Å². The highest BCUT2D eigenvalue weighted by Crippen LogP contribution is 2.32. The number of hydrogen-bond acceptors (Lipinski definition) is 8. The summed E-state index contributed by atoms with van der Waals surface area (Å²) in [6, 6.07) is 9.82. The molecule has 0 aliphatic carbocycles. The van der Waals surface area contributed by atoms with Crippen molar-refractivity contribution in [2.24, 2.45) is 0 Å². The smallest absolute Gasteiger partial charge is 0.414 e. The maximum absolute atomic E-state index is 13.5. The van der Waals surface area contributed by atoms with Crippen molar-refractivity contribution in [3.63, 3.8) is 0 Å². The molecule has 168 valence electrons. The van der Waals surface area contributed by atoms with Crippen molar-refractivity contribution < 1.29 is 17.6 Å². The van der Waals surface area contributed by atoms with E-state index >= 15 is 0 Å². The predicted molar refractivity (Wildman–Crippen MR) is 112 cm³/mol. The first-order valence-corrected chi connectivity index (χ1v) is 10.7. The van der Waals surface area contributed by atoms with Crippen LogP contribution in [0.3, 0.4) is 0 Å². The number of hydrogen-bond donors (Lipinski definition) is 0. The minimum Gasteiger partial charge on any atom is -0.414 e. The standard InChI is InChI=1S/C19H12ClF3N8OS/c20-16-14(6-3-7-24-16)31-8-11(26-29-31)10-33-18-28-27-15(32-18)9-30-13-5-2-1-4-12(13)25-17(30)19(21,22)23/h1-8H,9-10H2. The van der Waals surface area contributed by atoms with E-state index < -0.39 is 12.0 Å². The molecule has 0 saturated heterocycles. The van der Waals surface area contributed by atoms with Gasteiger partial charge >= 0.3 is 6.18 Å². The third-order valence-corrected chi connectivity index (χ3v) is 5.66. The fourth-order valence-corrected chi connectivity index (χ4v) is 3.98. The summed E-state index contributed by atoms with van der Waals surface area (Å²) in [6.07, 6.45) is -1.38. The highest BCUT2D eigenvalue weighted by atomic mass is 35.5. The second-order valence-electron chi connectivity index (χ2n) is 6.73. The summed E-state index contributed by atoms with van der Waals surface area (Å²) in [7, 11) is 0. The molecule has 9 nitrogen and oxygen atoms in total. The van der Waals surface area contributed by atoms with Gasteiger partial charge in [0.05, 0.1) is 22.9 Å². The number of fused-ring (bicyclic) bond motifs is 1. The lowest BCUT2D eigenvalue weighted by molar-refractivity contribution is -0.146.